The second kappa shape index (κ2) is 10.1. The van der Waals surface area contributed by atoms with Crippen molar-refractivity contribution in [2.24, 2.45) is 0 Å². The first-order valence-corrected chi connectivity index (χ1v) is 12.4. The van der Waals surface area contributed by atoms with E-state index in [1.807, 2.05) is 12.1 Å². The van der Waals surface area contributed by atoms with E-state index in [0.717, 1.165) is 18.5 Å². The van der Waals surface area contributed by atoms with Crippen molar-refractivity contribution >= 4 is 23.2 Å². The van der Waals surface area contributed by atoms with Gasteiger partial charge in [0.25, 0.3) is 5.91 Å². The maximum Gasteiger partial charge on any atom is 0.251 e. The fourth-order valence-corrected chi connectivity index (χ4v) is 5.54. The molecule has 7 nitrogen and oxygen atoms in total. The van der Waals surface area contributed by atoms with E-state index in [0.29, 0.717) is 54.0 Å². The van der Waals surface area contributed by atoms with Gasteiger partial charge < -0.3 is 25.0 Å². The van der Waals surface area contributed by atoms with Gasteiger partial charge in [0.1, 0.15) is 23.1 Å². The number of nitriles is 1. The predicted octanol–water partition coefficient (Wildman–Crippen LogP) is 4.88. The highest BCUT2D eigenvalue weighted by Gasteiger charge is 2.38. The summed E-state index contributed by atoms with van der Waals surface area (Å²) in [5, 5.41) is 17.0. The van der Waals surface area contributed by atoms with E-state index in [2.05, 4.69) is 49.3 Å². The molecule has 2 aromatic rings. The molecule has 0 bridgehead atoms. The van der Waals surface area contributed by atoms with Crippen molar-refractivity contribution in [1.29, 1.82) is 5.26 Å². The minimum atomic E-state index is -0.163. The van der Waals surface area contributed by atoms with Gasteiger partial charge in [0, 0.05) is 35.8 Å². The molecule has 2 heterocycles. The number of hydrogen-bond donors (Lipinski definition) is 2. The van der Waals surface area contributed by atoms with Gasteiger partial charge in [-0.25, -0.2) is 0 Å². The summed E-state index contributed by atoms with van der Waals surface area (Å²) < 4.78 is 11.5. The number of benzene rings is 2. The molecule has 4 rings (SSSR count). The van der Waals surface area contributed by atoms with E-state index in [1.165, 1.54) is 0 Å². The number of morpholine rings is 1. The third-order valence-electron chi connectivity index (χ3n) is 6.41. The van der Waals surface area contributed by atoms with E-state index in [9.17, 15) is 10.1 Å². The lowest BCUT2D eigenvalue weighted by molar-refractivity contribution is 0.0873. The molecule has 2 aromatic carbocycles. The van der Waals surface area contributed by atoms with Crippen molar-refractivity contribution in [1.82, 2.24) is 10.6 Å². The summed E-state index contributed by atoms with van der Waals surface area (Å²) in [4.78, 5) is 15.1. The molecule has 8 heteroatoms. The lowest BCUT2D eigenvalue weighted by atomic mass is 9.79. The van der Waals surface area contributed by atoms with Crippen molar-refractivity contribution in [2.45, 2.75) is 57.7 Å². The SMILES string of the molecule is CC1(C)CC(NC(=O)c2ccc(Oc3cccc(N4CCOCC4)c3C#N)c(Cl)c2)CC(C)(C)N1. The predicted molar refractivity (Wildman–Crippen MR) is 137 cm³/mol. The van der Waals surface area contributed by atoms with Gasteiger partial charge in [-0.2, -0.15) is 5.26 Å². The third-order valence-corrected chi connectivity index (χ3v) is 6.70. The van der Waals surface area contributed by atoms with Crippen LogP contribution in [0.5, 0.6) is 11.5 Å². The Bertz CT molecular complexity index is 1120. The second-order valence-electron chi connectivity index (χ2n) is 10.6. The summed E-state index contributed by atoms with van der Waals surface area (Å²) in [5.41, 5.74) is 1.60. The average molecular weight is 497 g/mol. The lowest BCUT2D eigenvalue weighted by Crippen LogP contribution is -2.62. The molecule has 2 saturated heterocycles. The zero-order chi connectivity index (χ0) is 25.2. The van der Waals surface area contributed by atoms with E-state index in [4.69, 9.17) is 21.1 Å². The number of hydrogen-bond acceptors (Lipinski definition) is 6. The maximum absolute atomic E-state index is 13.0. The van der Waals surface area contributed by atoms with E-state index < -0.39 is 0 Å². The largest absolute Gasteiger partial charge is 0.454 e. The summed E-state index contributed by atoms with van der Waals surface area (Å²) in [6.07, 6.45) is 1.68. The first-order valence-electron chi connectivity index (χ1n) is 12.0. The molecule has 2 fully saturated rings. The van der Waals surface area contributed by atoms with Crippen LogP contribution < -0.4 is 20.3 Å². The van der Waals surface area contributed by atoms with Crippen molar-refractivity contribution in [3.8, 4) is 17.6 Å². The topological polar surface area (TPSA) is 86.6 Å². The molecule has 0 aliphatic carbocycles. The molecule has 0 radical (unpaired) electrons. The van der Waals surface area contributed by atoms with E-state index >= 15 is 0 Å². The summed E-state index contributed by atoms with van der Waals surface area (Å²) in [5.74, 6) is 0.654. The first kappa shape index (κ1) is 25.3. The number of nitrogens with zero attached hydrogens (tertiary/aromatic N) is 2. The third kappa shape index (κ3) is 6.07. The Hall–Kier alpha value is -2.79. The summed E-state index contributed by atoms with van der Waals surface area (Å²) in [7, 11) is 0. The Labute approximate surface area is 212 Å². The van der Waals surface area contributed by atoms with Crippen LogP contribution in [-0.4, -0.2) is 49.3 Å². The molecule has 0 spiro atoms. The number of nitrogens with one attached hydrogen (secondary N) is 2. The van der Waals surface area contributed by atoms with Crippen molar-refractivity contribution in [3.05, 3.63) is 52.5 Å². The second-order valence-corrected chi connectivity index (χ2v) is 11.0. The number of carbonyl (C=O) groups is 1. The van der Waals surface area contributed by atoms with Gasteiger partial charge in [0.2, 0.25) is 0 Å². The average Bonchev–Trinajstić information content (AvgIpc) is 2.78. The monoisotopic (exact) mass is 496 g/mol. The minimum Gasteiger partial charge on any atom is -0.454 e. The number of anilines is 1. The van der Waals surface area contributed by atoms with Crippen LogP contribution in [0.3, 0.4) is 0 Å². The molecule has 0 aromatic heterocycles. The number of piperidine rings is 1. The van der Waals surface area contributed by atoms with Gasteiger partial charge in [0.15, 0.2) is 0 Å². The summed E-state index contributed by atoms with van der Waals surface area (Å²) >= 11 is 6.52. The van der Waals surface area contributed by atoms with Crippen molar-refractivity contribution < 1.29 is 14.3 Å². The molecule has 1 amide bonds. The van der Waals surface area contributed by atoms with Crippen LogP contribution in [0.1, 0.15) is 56.5 Å². The molecule has 186 valence electrons. The van der Waals surface area contributed by atoms with Crippen LogP contribution >= 0.6 is 11.6 Å². The van der Waals surface area contributed by atoms with Gasteiger partial charge in [-0.05, 0) is 70.9 Å². The molecular weight excluding hydrogens is 464 g/mol. The number of carbonyl (C=O) groups excluding carboxylic acids is 1. The number of halogens is 1. The van der Waals surface area contributed by atoms with Gasteiger partial charge in [-0.1, -0.05) is 17.7 Å². The highest BCUT2D eigenvalue weighted by atomic mass is 35.5. The van der Waals surface area contributed by atoms with Crippen molar-refractivity contribution in [3.63, 3.8) is 0 Å². The van der Waals surface area contributed by atoms with Crippen LogP contribution in [0.2, 0.25) is 5.02 Å². The first-order chi connectivity index (χ1) is 16.6. The van der Waals surface area contributed by atoms with Crippen LogP contribution in [0.25, 0.3) is 0 Å². The smallest absolute Gasteiger partial charge is 0.251 e. The quantitative estimate of drug-likeness (QED) is 0.613. The highest BCUT2D eigenvalue weighted by molar-refractivity contribution is 6.32. The zero-order valence-electron chi connectivity index (χ0n) is 20.8. The molecule has 35 heavy (non-hydrogen) atoms. The Morgan fingerprint density at radius 2 is 1.83 bits per heavy atom. The number of ether oxygens (including phenoxy) is 2. The molecule has 2 aliphatic heterocycles. The van der Waals surface area contributed by atoms with Gasteiger partial charge in [-0.15, -0.1) is 0 Å². The Kier molecular flexibility index (Phi) is 7.27. The van der Waals surface area contributed by atoms with Gasteiger partial charge in [0.05, 0.1) is 23.9 Å². The fourth-order valence-electron chi connectivity index (χ4n) is 5.32. The molecule has 2 aliphatic rings. The van der Waals surface area contributed by atoms with Gasteiger partial charge >= 0.3 is 0 Å². The number of rotatable bonds is 5. The number of amides is 1. The summed E-state index contributed by atoms with van der Waals surface area (Å²) in [6, 6.07) is 12.8. The molecule has 0 atom stereocenters. The van der Waals surface area contributed by atoms with Crippen LogP contribution in [0.4, 0.5) is 5.69 Å². The Balaban J connectivity index is 1.49. The zero-order valence-corrected chi connectivity index (χ0v) is 21.5. The molecule has 0 unspecified atom stereocenters. The van der Waals surface area contributed by atoms with E-state index in [1.54, 1.807) is 24.3 Å². The van der Waals surface area contributed by atoms with E-state index in [-0.39, 0.29) is 23.0 Å². The molecule has 0 saturated carbocycles. The van der Waals surface area contributed by atoms with Crippen LogP contribution in [0, 0.1) is 11.3 Å². The molecule has 2 N–H and O–H groups in total. The minimum absolute atomic E-state index is 0.0598. The van der Waals surface area contributed by atoms with Crippen LogP contribution in [-0.2, 0) is 4.74 Å². The lowest BCUT2D eigenvalue weighted by Gasteiger charge is -2.46. The highest BCUT2D eigenvalue weighted by Crippen LogP contribution is 2.36. The Morgan fingerprint density at radius 3 is 2.46 bits per heavy atom. The standard InChI is InChI=1S/C27H33ClN4O3/c1-26(2)15-19(16-27(3,4)31-26)30-25(33)18-8-9-24(21(28)14-18)35-23-7-5-6-22(20(23)17-29)32-10-12-34-13-11-32/h5-9,14,19,31H,10-13,15-16H2,1-4H3,(H,30,33). The Morgan fingerprint density at radius 1 is 1.14 bits per heavy atom. The fraction of sp³-hybridized carbons (Fsp3) is 0.481. The van der Waals surface area contributed by atoms with Crippen LogP contribution in [0.15, 0.2) is 36.4 Å². The maximum atomic E-state index is 13.0. The van der Waals surface area contributed by atoms with Gasteiger partial charge in [-0.3, -0.25) is 4.79 Å². The summed E-state index contributed by atoms with van der Waals surface area (Å²) in [6.45, 7) is 11.3. The van der Waals surface area contributed by atoms with Crippen molar-refractivity contribution in [2.75, 3.05) is 31.2 Å². The molecular formula is C27H33ClN4O3. The normalized spacial score (nSPS) is 19.6.